The predicted octanol–water partition coefficient (Wildman–Crippen LogP) is 3.48. The van der Waals surface area contributed by atoms with Crippen LogP contribution in [0.5, 0.6) is 0 Å². The van der Waals surface area contributed by atoms with Crippen LogP contribution in [-0.4, -0.2) is 39.1 Å². The van der Waals surface area contributed by atoms with Crippen LogP contribution in [0.15, 0.2) is 53.2 Å². The molecule has 1 amide bonds. The third kappa shape index (κ3) is 3.31. The van der Waals surface area contributed by atoms with Gasteiger partial charge in [-0.15, -0.1) is 0 Å². The average molecular weight is 377 g/mol. The Morgan fingerprint density at radius 2 is 1.82 bits per heavy atom. The van der Waals surface area contributed by atoms with Gasteiger partial charge in [0.15, 0.2) is 0 Å². The molecule has 1 aromatic carbocycles. The molecule has 28 heavy (non-hydrogen) atoms. The molecule has 6 nitrogen and oxygen atoms in total. The van der Waals surface area contributed by atoms with E-state index in [4.69, 9.17) is 4.52 Å². The number of carbonyl (C=O) groups is 1. The number of benzene rings is 1. The molecule has 0 radical (unpaired) electrons. The summed E-state index contributed by atoms with van der Waals surface area (Å²) in [6.07, 6.45) is 2.65. The molecule has 0 spiro atoms. The first-order chi connectivity index (χ1) is 13.5. The van der Waals surface area contributed by atoms with E-state index >= 15 is 0 Å². The standard InChI is InChI=1S/C22H23N3O3/c1-15-8-9-18(23-14-15)22(27)10-12-25(13-11-22)21(26)19-16(2)28-24-20(19)17-6-4-3-5-7-17/h3-9,14,27H,10-13H2,1-2H3. The van der Waals surface area contributed by atoms with Gasteiger partial charge in [0.25, 0.3) is 5.91 Å². The van der Waals surface area contributed by atoms with Crippen molar-refractivity contribution in [1.29, 1.82) is 0 Å². The maximum atomic E-state index is 13.2. The van der Waals surface area contributed by atoms with E-state index in [-0.39, 0.29) is 5.91 Å². The minimum atomic E-state index is -1.00. The number of rotatable bonds is 3. The summed E-state index contributed by atoms with van der Waals surface area (Å²) in [7, 11) is 0. The number of carbonyl (C=O) groups excluding carboxylic acids is 1. The third-order valence-electron chi connectivity index (χ3n) is 5.39. The lowest BCUT2D eigenvalue weighted by molar-refractivity contribution is -0.0244. The molecule has 2 aromatic heterocycles. The molecule has 0 aliphatic carbocycles. The number of hydrogen-bond donors (Lipinski definition) is 1. The number of hydrogen-bond acceptors (Lipinski definition) is 5. The Bertz CT molecular complexity index is 972. The highest BCUT2D eigenvalue weighted by Crippen LogP contribution is 2.33. The lowest BCUT2D eigenvalue weighted by Gasteiger charge is -2.37. The summed E-state index contributed by atoms with van der Waals surface area (Å²) in [6.45, 7) is 4.62. The van der Waals surface area contributed by atoms with Gasteiger partial charge >= 0.3 is 0 Å². The lowest BCUT2D eigenvalue weighted by atomic mass is 9.87. The Kier molecular flexibility index (Phi) is 4.73. The number of piperidine rings is 1. The summed E-state index contributed by atoms with van der Waals surface area (Å²) in [6, 6.07) is 13.4. The number of nitrogens with zero attached hydrogens (tertiary/aromatic N) is 3. The fraction of sp³-hybridized carbons (Fsp3) is 0.318. The third-order valence-corrected chi connectivity index (χ3v) is 5.39. The summed E-state index contributed by atoms with van der Waals surface area (Å²) >= 11 is 0. The minimum Gasteiger partial charge on any atom is -0.383 e. The Morgan fingerprint density at radius 3 is 2.46 bits per heavy atom. The van der Waals surface area contributed by atoms with Crippen LogP contribution >= 0.6 is 0 Å². The van der Waals surface area contributed by atoms with Crippen molar-refractivity contribution in [2.75, 3.05) is 13.1 Å². The monoisotopic (exact) mass is 377 g/mol. The molecule has 1 aliphatic rings. The van der Waals surface area contributed by atoms with Crippen LogP contribution < -0.4 is 0 Å². The maximum Gasteiger partial charge on any atom is 0.259 e. The average Bonchev–Trinajstić information content (AvgIpc) is 3.10. The van der Waals surface area contributed by atoms with E-state index in [0.29, 0.717) is 48.6 Å². The van der Waals surface area contributed by atoms with Gasteiger partial charge in [0, 0.05) is 24.8 Å². The molecular formula is C22H23N3O3. The van der Waals surface area contributed by atoms with Gasteiger partial charge in [-0.25, -0.2) is 0 Å². The van der Waals surface area contributed by atoms with Crippen LogP contribution in [0, 0.1) is 13.8 Å². The first-order valence-electron chi connectivity index (χ1n) is 9.44. The zero-order valence-electron chi connectivity index (χ0n) is 16.1. The lowest BCUT2D eigenvalue weighted by Crippen LogP contribution is -2.45. The van der Waals surface area contributed by atoms with Crippen molar-refractivity contribution in [2.24, 2.45) is 0 Å². The second-order valence-corrected chi connectivity index (χ2v) is 7.37. The Hall–Kier alpha value is -2.99. The van der Waals surface area contributed by atoms with Crippen LogP contribution in [0.3, 0.4) is 0 Å². The summed E-state index contributed by atoms with van der Waals surface area (Å²) < 4.78 is 5.33. The molecule has 0 unspecified atom stereocenters. The molecule has 4 rings (SSSR count). The summed E-state index contributed by atoms with van der Waals surface area (Å²) in [5.74, 6) is 0.390. The fourth-order valence-corrected chi connectivity index (χ4v) is 3.65. The summed E-state index contributed by atoms with van der Waals surface area (Å²) in [5.41, 5.74) is 2.61. The highest BCUT2D eigenvalue weighted by Gasteiger charge is 2.38. The quantitative estimate of drug-likeness (QED) is 0.756. The largest absolute Gasteiger partial charge is 0.383 e. The molecule has 6 heteroatoms. The Morgan fingerprint density at radius 1 is 1.11 bits per heavy atom. The Labute approximate surface area is 163 Å². The van der Waals surface area contributed by atoms with Crippen molar-refractivity contribution in [3.8, 4) is 11.3 Å². The number of aryl methyl sites for hydroxylation is 2. The number of likely N-dealkylation sites (tertiary alicyclic amines) is 1. The Balaban J connectivity index is 1.54. The van der Waals surface area contributed by atoms with Gasteiger partial charge in [0.2, 0.25) is 0 Å². The van der Waals surface area contributed by atoms with E-state index in [9.17, 15) is 9.90 Å². The molecule has 3 aromatic rings. The first kappa shape index (κ1) is 18.4. The van der Waals surface area contributed by atoms with Gasteiger partial charge in [-0.3, -0.25) is 9.78 Å². The van der Waals surface area contributed by atoms with Crippen molar-refractivity contribution in [1.82, 2.24) is 15.0 Å². The van der Waals surface area contributed by atoms with Crippen LogP contribution in [0.25, 0.3) is 11.3 Å². The van der Waals surface area contributed by atoms with E-state index < -0.39 is 5.60 Å². The molecule has 1 aliphatic heterocycles. The van der Waals surface area contributed by atoms with Crippen LogP contribution in [-0.2, 0) is 5.60 Å². The minimum absolute atomic E-state index is 0.114. The molecule has 1 fully saturated rings. The van der Waals surface area contributed by atoms with Crippen LogP contribution in [0.4, 0.5) is 0 Å². The van der Waals surface area contributed by atoms with Crippen LogP contribution in [0.1, 0.15) is 40.2 Å². The fourth-order valence-electron chi connectivity index (χ4n) is 3.65. The normalized spacial score (nSPS) is 16.2. The predicted molar refractivity (Wildman–Crippen MR) is 105 cm³/mol. The molecule has 0 atom stereocenters. The second kappa shape index (κ2) is 7.20. The van der Waals surface area contributed by atoms with Gasteiger partial charge in [-0.2, -0.15) is 0 Å². The first-order valence-corrected chi connectivity index (χ1v) is 9.44. The van der Waals surface area contributed by atoms with Crippen LogP contribution in [0.2, 0.25) is 0 Å². The number of aromatic nitrogens is 2. The molecule has 1 saturated heterocycles. The topological polar surface area (TPSA) is 79.5 Å². The zero-order valence-corrected chi connectivity index (χ0v) is 16.1. The van der Waals surface area contributed by atoms with E-state index in [0.717, 1.165) is 11.1 Å². The molecule has 144 valence electrons. The van der Waals surface area contributed by atoms with Crippen molar-refractivity contribution >= 4 is 5.91 Å². The van der Waals surface area contributed by atoms with E-state index in [2.05, 4.69) is 10.1 Å². The number of amides is 1. The van der Waals surface area contributed by atoms with E-state index in [1.807, 2.05) is 49.4 Å². The smallest absolute Gasteiger partial charge is 0.259 e. The molecule has 3 heterocycles. The summed E-state index contributed by atoms with van der Waals surface area (Å²) in [4.78, 5) is 19.3. The molecule has 0 bridgehead atoms. The van der Waals surface area contributed by atoms with Crippen molar-refractivity contribution in [2.45, 2.75) is 32.3 Å². The van der Waals surface area contributed by atoms with Gasteiger partial charge in [0.1, 0.15) is 22.6 Å². The number of aliphatic hydroxyl groups is 1. The molecular weight excluding hydrogens is 354 g/mol. The highest BCUT2D eigenvalue weighted by atomic mass is 16.5. The summed E-state index contributed by atoms with van der Waals surface area (Å²) in [5, 5.41) is 15.1. The van der Waals surface area contributed by atoms with Crippen molar-refractivity contribution in [3.63, 3.8) is 0 Å². The number of pyridine rings is 1. The van der Waals surface area contributed by atoms with Gasteiger partial charge < -0.3 is 14.5 Å². The second-order valence-electron chi connectivity index (χ2n) is 7.37. The van der Waals surface area contributed by atoms with Gasteiger partial charge in [-0.1, -0.05) is 41.6 Å². The van der Waals surface area contributed by atoms with Gasteiger partial charge in [-0.05, 0) is 38.3 Å². The van der Waals surface area contributed by atoms with E-state index in [1.165, 1.54) is 0 Å². The molecule has 0 saturated carbocycles. The van der Waals surface area contributed by atoms with Gasteiger partial charge in [0.05, 0.1) is 5.69 Å². The SMILES string of the molecule is Cc1ccc(C2(O)CCN(C(=O)c3c(-c4ccccc4)noc3C)CC2)nc1. The zero-order chi connectivity index (χ0) is 19.7. The molecule has 1 N–H and O–H groups in total. The van der Waals surface area contributed by atoms with Crippen molar-refractivity contribution < 1.29 is 14.4 Å². The van der Waals surface area contributed by atoms with E-state index in [1.54, 1.807) is 18.0 Å². The van der Waals surface area contributed by atoms with Crippen molar-refractivity contribution in [3.05, 3.63) is 71.2 Å². The highest BCUT2D eigenvalue weighted by molar-refractivity contribution is 6.00. The maximum absolute atomic E-state index is 13.2.